The van der Waals surface area contributed by atoms with Gasteiger partial charge in [-0.2, -0.15) is 5.26 Å². The second-order valence-electron chi connectivity index (χ2n) is 7.63. The smallest absolute Gasteiger partial charge is 0.410 e. The number of rotatable bonds is 3. The van der Waals surface area contributed by atoms with Gasteiger partial charge in [0.1, 0.15) is 17.4 Å². The third-order valence-corrected chi connectivity index (χ3v) is 5.69. The van der Waals surface area contributed by atoms with Crippen molar-refractivity contribution in [3.05, 3.63) is 36.3 Å². The Bertz CT molecular complexity index is 1130. The van der Waals surface area contributed by atoms with Gasteiger partial charge in [0.15, 0.2) is 6.10 Å². The summed E-state index contributed by atoms with van der Waals surface area (Å²) in [6.45, 7) is 3.65. The number of nitrogens with one attached hydrogen (secondary N) is 1. The minimum atomic E-state index is -0.260. The van der Waals surface area contributed by atoms with Gasteiger partial charge in [-0.15, -0.1) is 0 Å². The molecule has 3 aromatic rings. The molecule has 2 saturated heterocycles. The summed E-state index contributed by atoms with van der Waals surface area (Å²) in [7, 11) is 1.86. The van der Waals surface area contributed by atoms with Crippen LogP contribution < -0.4 is 4.90 Å². The van der Waals surface area contributed by atoms with Crippen molar-refractivity contribution < 1.29 is 14.3 Å². The number of carbonyl (C=O) groups is 1. The maximum absolute atomic E-state index is 12.3. The molecule has 5 heterocycles. The van der Waals surface area contributed by atoms with Crippen LogP contribution in [0.4, 0.5) is 10.5 Å². The Labute approximate surface area is 173 Å². The number of amides is 1. The van der Waals surface area contributed by atoms with Gasteiger partial charge in [-0.25, -0.2) is 9.78 Å². The number of hydrogen-bond donors (Lipinski definition) is 1. The van der Waals surface area contributed by atoms with Gasteiger partial charge in [-0.1, -0.05) is 0 Å². The van der Waals surface area contributed by atoms with E-state index in [0.717, 1.165) is 41.1 Å². The number of fused-ring (bicyclic) bond motifs is 1. The van der Waals surface area contributed by atoms with Crippen LogP contribution in [0.3, 0.4) is 0 Å². The first-order valence-corrected chi connectivity index (χ1v) is 9.95. The fourth-order valence-corrected chi connectivity index (χ4v) is 3.90. The van der Waals surface area contributed by atoms with Gasteiger partial charge < -0.3 is 28.8 Å². The van der Waals surface area contributed by atoms with E-state index >= 15 is 0 Å². The maximum Gasteiger partial charge on any atom is 0.410 e. The maximum atomic E-state index is 12.3. The van der Waals surface area contributed by atoms with E-state index in [0.29, 0.717) is 32.0 Å². The molecular weight excluding hydrogens is 384 g/mol. The monoisotopic (exact) mass is 406 g/mol. The number of nitriles is 1. The van der Waals surface area contributed by atoms with Crippen molar-refractivity contribution in [2.45, 2.75) is 6.10 Å². The molecule has 9 nitrogen and oxygen atoms in total. The first kappa shape index (κ1) is 18.5. The lowest BCUT2D eigenvalue weighted by atomic mass is 10.2. The second-order valence-corrected chi connectivity index (χ2v) is 7.63. The van der Waals surface area contributed by atoms with Gasteiger partial charge in [0.25, 0.3) is 0 Å². The van der Waals surface area contributed by atoms with Gasteiger partial charge in [-0.05, 0) is 18.2 Å². The number of H-pyrrole nitrogens is 1. The first-order chi connectivity index (χ1) is 14.6. The van der Waals surface area contributed by atoms with Crippen LogP contribution in [0.25, 0.3) is 22.3 Å². The molecule has 0 spiro atoms. The van der Waals surface area contributed by atoms with E-state index in [9.17, 15) is 10.1 Å². The molecule has 1 N–H and O–H groups in total. The molecule has 0 unspecified atom stereocenters. The predicted octanol–water partition coefficient (Wildman–Crippen LogP) is 2.10. The highest BCUT2D eigenvalue weighted by molar-refractivity contribution is 5.94. The SMILES string of the molecule is Cn1cc(-c2cc3c(N4CCN(C(=O)OC5COC5)CC4)ccnc3[nH]2)cc1C#N. The second kappa shape index (κ2) is 7.39. The van der Waals surface area contributed by atoms with E-state index in [4.69, 9.17) is 9.47 Å². The van der Waals surface area contributed by atoms with E-state index in [1.54, 1.807) is 11.1 Å². The van der Waals surface area contributed by atoms with Crippen LogP contribution in [0.15, 0.2) is 30.6 Å². The number of aromatic nitrogens is 3. The third kappa shape index (κ3) is 3.25. The summed E-state index contributed by atoms with van der Waals surface area (Å²) >= 11 is 0. The standard InChI is InChI=1S/C21H22N6O3/c1-25-11-14(8-15(25)10-22)18-9-17-19(2-3-23-20(17)24-18)26-4-6-27(7-5-26)21(28)30-16-12-29-13-16/h2-3,8-9,11,16H,4-7,12-13H2,1H3,(H,23,24). The minimum Gasteiger partial charge on any atom is -0.441 e. The molecule has 0 radical (unpaired) electrons. The summed E-state index contributed by atoms with van der Waals surface area (Å²) in [5, 5.41) is 10.2. The van der Waals surface area contributed by atoms with Gasteiger partial charge >= 0.3 is 6.09 Å². The molecule has 2 aliphatic heterocycles. The van der Waals surface area contributed by atoms with Gasteiger partial charge in [-0.3, -0.25) is 0 Å². The molecule has 0 atom stereocenters. The summed E-state index contributed by atoms with van der Waals surface area (Å²) in [4.78, 5) is 24.1. The summed E-state index contributed by atoms with van der Waals surface area (Å²) in [5.41, 5.74) is 4.36. The van der Waals surface area contributed by atoms with Crippen LogP contribution in [0, 0.1) is 11.3 Å². The highest BCUT2D eigenvalue weighted by atomic mass is 16.6. The molecule has 30 heavy (non-hydrogen) atoms. The first-order valence-electron chi connectivity index (χ1n) is 9.95. The van der Waals surface area contributed by atoms with Crippen LogP contribution >= 0.6 is 0 Å². The molecule has 0 bridgehead atoms. The zero-order valence-electron chi connectivity index (χ0n) is 16.7. The fraction of sp³-hybridized carbons (Fsp3) is 0.381. The topological polar surface area (TPSA) is 99.4 Å². The van der Waals surface area contributed by atoms with Crippen LogP contribution in [-0.2, 0) is 16.5 Å². The van der Waals surface area contributed by atoms with E-state index < -0.39 is 0 Å². The summed E-state index contributed by atoms with van der Waals surface area (Å²) < 4.78 is 12.3. The van der Waals surface area contributed by atoms with Gasteiger partial charge in [0.2, 0.25) is 0 Å². The number of hydrogen-bond acceptors (Lipinski definition) is 6. The van der Waals surface area contributed by atoms with Gasteiger partial charge in [0.05, 0.1) is 13.2 Å². The van der Waals surface area contributed by atoms with Crippen molar-refractivity contribution in [3.8, 4) is 17.3 Å². The Balaban J connectivity index is 1.34. The average molecular weight is 406 g/mol. The Hall–Kier alpha value is -3.51. The highest BCUT2D eigenvalue weighted by Gasteiger charge is 2.28. The number of pyridine rings is 1. The molecule has 5 rings (SSSR count). The highest BCUT2D eigenvalue weighted by Crippen LogP contribution is 2.31. The van der Waals surface area contributed by atoms with Crippen molar-refractivity contribution in [1.29, 1.82) is 5.26 Å². The van der Waals surface area contributed by atoms with E-state index in [-0.39, 0.29) is 12.2 Å². The number of anilines is 1. The van der Waals surface area contributed by atoms with Gasteiger partial charge in [0, 0.05) is 68.0 Å². The molecule has 3 aromatic heterocycles. The predicted molar refractivity (Wildman–Crippen MR) is 110 cm³/mol. The number of carbonyl (C=O) groups excluding carboxylic acids is 1. The molecule has 0 saturated carbocycles. The number of aryl methyl sites for hydroxylation is 1. The number of nitrogens with zero attached hydrogens (tertiary/aromatic N) is 5. The third-order valence-electron chi connectivity index (χ3n) is 5.69. The number of piperazine rings is 1. The molecule has 9 heteroatoms. The van der Waals surface area contributed by atoms with Crippen molar-refractivity contribution in [1.82, 2.24) is 19.4 Å². The Morgan fingerprint density at radius 3 is 2.77 bits per heavy atom. The number of aromatic amines is 1. The molecule has 0 aliphatic carbocycles. The van der Waals surface area contributed by atoms with E-state index in [2.05, 4.69) is 27.0 Å². The Kier molecular flexibility index (Phi) is 4.56. The van der Waals surface area contributed by atoms with Crippen molar-refractivity contribution in [3.63, 3.8) is 0 Å². The molecular formula is C21H22N6O3. The Morgan fingerprint density at radius 2 is 2.10 bits per heavy atom. The molecule has 154 valence electrons. The summed E-state index contributed by atoms with van der Waals surface area (Å²) in [5.74, 6) is 0. The summed E-state index contributed by atoms with van der Waals surface area (Å²) in [6, 6.07) is 8.13. The van der Waals surface area contributed by atoms with Crippen molar-refractivity contribution in [2.75, 3.05) is 44.3 Å². The minimum absolute atomic E-state index is 0.104. The van der Waals surface area contributed by atoms with E-state index in [1.807, 2.05) is 29.9 Å². The molecule has 0 aromatic carbocycles. The molecule has 2 aliphatic rings. The van der Waals surface area contributed by atoms with Crippen LogP contribution in [0.5, 0.6) is 0 Å². The lowest BCUT2D eigenvalue weighted by Gasteiger charge is -2.37. The van der Waals surface area contributed by atoms with Crippen molar-refractivity contribution >= 4 is 22.8 Å². The Morgan fingerprint density at radius 1 is 1.30 bits per heavy atom. The van der Waals surface area contributed by atoms with E-state index in [1.165, 1.54) is 0 Å². The lowest BCUT2D eigenvalue weighted by molar-refractivity contribution is -0.104. The van der Waals surface area contributed by atoms with Crippen molar-refractivity contribution in [2.24, 2.45) is 7.05 Å². The lowest BCUT2D eigenvalue weighted by Crippen LogP contribution is -2.51. The molecule has 1 amide bonds. The molecule has 2 fully saturated rings. The largest absolute Gasteiger partial charge is 0.441 e. The van der Waals surface area contributed by atoms with Crippen LogP contribution in [0.1, 0.15) is 5.69 Å². The van der Waals surface area contributed by atoms with Crippen LogP contribution in [0.2, 0.25) is 0 Å². The average Bonchev–Trinajstić information content (AvgIpc) is 3.33. The number of ether oxygens (including phenoxy) is 2. The van der Waals surface area contributed by atoms with Crippen LogP contribution in [-0.4, -0.2) is 71.0 Å². The zero-order chi connectivity index (χ0) is 20.7. The zero-order valence-corrected chi connectivity index (χ0v) is 16.7. The normalized spacial score (nSPS) is 17.1. The fourth-order valence-electron chi connectivity index (χ4n) is 3.90. The quantitative estimate of drug-likeness (QED) is 0.715. The summed E-state index contributed by atoms with van der Waals surface area (Å²) in [6.07, 6.45) is 3.36.